The summed E-state index contributed by atoms with van der Waals surface area (Å²) in [7, 11) is 0. The largest absolute Gasteiger partial charge is 0.349 e. The van der Waals surface area contributed by atoms with Crippen molar-refractivity contribution in [2.45, 2.75) is 44.6 Å². The Morgan fingerprint density at radius 2 is 1.83 bits per heavy atom. The van der Waals surface area contributed by atoms with Crippen molar-refractivity contribution >= 4 is 40.9 Å². The minimum atomic E-state index is -0.0893. The topological polar surface area (TPSA) is 59.8 Å². The third kappa shape index (κ3) is 6.24. The number of halogens is 2. The van der Waals surface area contributed by atoms with Crippen LogP contribution in [0.3, 0.4) is 0 Å². The molecule has 0 radical (unpaired) electrons. The van der Waals surface area contributed by atoms with Crippen LogP contribution in [-0.2, 0) is 17.1 Å². The SMILES string of the molecule is CC(C)(C)CC(=O)NCc1nnc(SCc2ccccc2)n1-c1ccc(Cl)cc1Cl. The predicted molar refractivity (Wildman–Crippen MR) is 123 cm³/mol. The number of carbonyl (C=O) groups is 1. The van der Waals surface area contributed by atoms with E-state index in [0.717, 1.165) is 11.4 Å². The molecule has 0 atom stereocenters. The van der Waals surface area contributed by atoms with Gasteiger partial charge in [-0.05, 0) is 29.2 Å². The molecule has 0 aliphatic carbocycles. The summed E-state index contributed by atoms with van der Waals surface area (Å²) < 4.78 is 1.88. The Morgan fingerprint density at radius 1 is 1.10 bits per heavy atom. The lowest BCUT2D eigenvalue weighted by Crippen LogP contribution is -2.28. The second kappa shape index (κ2) is 9.86. The molecule has 0 unspecified atom stereocenters. The van der Waals surface area contributed by atoms with Crippen molar-refractivity contribution in [2.24, 2.45) is 5.41 Å². The minimum Gasteiger partial charge on any atom is -0.349 e. The Hall–Kier alpha value is -2.02. The van der Waals surface area contributed by atoms with Gasteiger partial charge in [0, 0.05) is 17.2 Å². The Kier molecular flexibility index (Phi) is 7.45. The molecule has 8 heteroatoms. The summed E-state index contributed by atoms with van der Waals surface area (Å²) in [6.45, 7) is 6.34. The first-order valence-corrected chi connectivity index (χ1v) is 11.3. The Bertz CT molecular complexity index is 1020. The van der Waals surface area contributed by atoms with Crippen molar-refractivity contribution in [1.29, 1.82) is 0 Å². The monoisotopic (exact) mass is 462 g/mol. The quantitative estimate of drug-likeness (QED) is 0.442. The van der Waals surface area contributed by atoms with Crippen molar-refractivity contribution in [3.63, 3.8) is 0 Å². The van der Waals surface area contributed by atoms with E-state index in [1.54, 1.807) is 23.9 Å². The number of nitrogens with one attached hydrogen (secondary N) is 1. The molecule has 0 saturated heterocycles. The van der Waals surface area contributed by atoms with E-state index in [1.165, 1.54) is 5.56 Å². The van der Waals surface area contributed by atoms with Gasteiger partial charge in [0.15, 0.2) is 11.0 Å². The highest BCUT2D eigenvalue weighted by atomic mass is 35.5. The molecule has 5 nitrogen and oxygen atoms in total. The number of carbonyl (C=O) groups excluding carboxylic acids is 1. The summed E-state index contributed by atoms with van der Waals surface area (Å²) in [5, 5.41) is 13.4. The van der Waals surface area contributed by atoms with Crippen molar-refractivity contribution in [1.82, 2.24) is 20.1 Å². The van der Waals surface area contributed by atoms with Crippen molar-refractivity contribution < 1.29 is 4.79 Å². The Labute approximate surface area is 191 Å². The number of rotatable bonds is 7. The van der Waals surface area contributed by atoms with Crippen LogP contribution in [-0.4, -0.2) is 20.7 Å². The first kappa shape index (κ1) is 22.7. The standard InChI is InChI=1S/C22H24Cl2N4OS/c1-22(2,3)12-20(29)25-13-19-26-27-21(30-14-15-7-5-4-6-8-15)28(19)18-10-9-16(23)11-17(18)24/h4-11H,12-14H2,1-3H3,(H,25,29). The summed E-state index contributed by atoms with van der Waals surface area (Å²) in [5.41, 5.74) is 1.81. The van der Waals surface area contributed by atoms with Gasteiger partial charge in [-0.2, -0.15) is 0 Å². The fourth-order valence-electron chi connectivity index (χ4n) is 2.86. The van der Waals surface area contributed by atoms with Gasteiger partial charge in [-0.1, -0.05) is 86.1 Å². The molecule has 1 aromatic heterocycles. The molecule has 1 heterocycles. The fraction of sp³-hybridized carbons (Fsp3) is 0.318. The van der Waals surface area contributed by atoms with Gasteiger partial charge in [-0.3, -0.25) is 9.36 Å². The van der Waals surface area contributed by atoms with Crippen molar-refractivity contribution in [3.8, 4) is 5.69 Å². The highest BCUT2D eigenvalue weighted by Gasteiger charge is 2.20. The molecule has 158 valence electrons. The van der Waals surface area contributed by atoms with Crippen LogP contribution in [0, 0.1) is 5.41 Å². The van der Waals surface area contributed by atoms with Crippen LogP contribution < -0.4 is 5.32 Å². The number of hydrogen-bond donors (Lipinski definition) is 1. The molecule has 3 rings (SSSR count). The summed E-state index contributed by atoms with van der Waals surface area (Å²) in [6.07, 6.45) is 0.429. The molecule has 3 aromatic rings. The van der Waals surface area contributed by atoms with Crippen molar-refractivity contribution in [2.75, 3.05) is 0 Å². The van der Waals surface area contributed by atoms with E-state index < -0.39 is 0 Å². The van der Waals surface area contributed by atoms with Gasteiger partial charge in [0.05, 0.1) is 17.3 Å². The average Bonchev–Trinajstić information content (AvgIpc) is 3.07. The van der Waals surface area contributed by atoms with E-state index in [4.69, 9.17) is 23.2 Å². The van der Waals surface area contributed by atoms with Gasteiger partial charge in [0.25, 0.3) is 0 Å². The number of thioether (sulfide) groups is 1. The van der Waals surface area contributed by atoms with Crippen LogP contribution >= 0.6 is 35.0 Å². The van der Waals surface area contributed by atoms with Gasteiger partial charge in [-0.15, -0.1) is 10.2 Å². The maximum atomic E-state index is 12.3. The molecule has 0 aliphatic heterocycles. The van der Waals surface area contributed by atoms with Gasteiger partial charge in [0.2, 0.25) is 5.91 Å². The molecule has 0 bridgehead atoms. The number of benzene rings is 2. The second-order valence-electron chi connectivity index (χ2n) is 8.12. The molecule has 2 aromatic carbocycles. The summed E-state index contributed by atoms with van der Waals surface area (Å²) >= 11 is 14.1. The second-order valence-corrected chi connectivity index (χ2v) is 9.90. The van der Waals surface area contributed by atoms with Crippen LogP contribution in [0.5, 0.6) is 0 Å². The van der Waals surface area contributed by atoms with Gasteiger partial charge in [-0.25, -0.2) is 0 Å². The van der Waals surface area contributed by atoms with E-state index in [0.29, 0.717) is 27.4 Å². The van der Waals surface area contributed by atoms with Crippen molar-refractivity contribution in [3.05, 3.63) is 70.0 Å². The molecule has 0 aliphatic rings. The Balaban J connectivity index is 1.86. The van der Waals surface area contributed by atoms with E-state index in [9.17, 15) is 4.79 Å². The summed E-state index contributed by atoms with van der Waals surface area (Å²) in [5.74, 6) is 1.32. The maximum Gasteiger partial charge on any atom is 0.220 e. The number of hydrogen-bond acceptors (Lipinski definition) is 4. The summed E-state index contributed by atoms with van der Waals surface area (Å²) in [4.78, 5) is 12.3. The van der Waals surface area contributed by atoms with Crippen LogP contribution in [0.4, 0.5) is 0 Å². The lowest BCUT2D eigenvalue weighted by Gasteiger charge is -2.17. The normalized spacial score (nSPS) is 11.5. The first-order chi connectivity index (χ1) is 14.2. The third-order valence-electron chi connectivity index (χ3n) is 4.20. The highest BCUT2D eigenvalue weighted by Crippen LogP contribution is 2.30. The number of nitrogens with zero attached hydrogens (tertiary/aromatic N) is 3. The molecule has 1 N–H and O–H groups in total. The van der Waals surface area contributed by atoms with Crippen LogP contribution in [0.25, 0.3) is 5.69 Å². The van der Waals surface area contributed by atoms with Crippen LogP contribution in [0.15, 0.2) is 53.7 Å². The molecular formula is C22H24Cl2N4OS. The van der Waals surface area contributed by atoms with E-state index in [1.807, 2.05) is 49.6 Å². The van der Waals surface area contributed by atoms with Crippen LogP contribution in [0.1, 0.15) is 38.6 Å². The minimum absolute atomic E-state index is 0.0299. The maximum absolute atomic E-state index is 12.3. The molecule has 0 saturated carbocycles. The lowest BCUT2D eigenvalue weighted by atomic mass is 9.92. The third-order valence-corrected chi connectivity index (χ3v) is 5.73. The molecular weight excluding hydrogens is 439 g/mol. The van der Waals surface area contributed by atoms with E-state index in [-0.39, 0.29) is 17.9 Å². The zero-order valence-electron chi connectivity index (χ0n) is 17.2. The molecule has 0 fully saturated rings. The zero-order valence-corrected chi connectivity index (χ0v) is 19.5. The fourth-order valence-corrected chi connectivity index (χ4v) is 4.27. The highest BCUT2D eigenvalue weighted by molar-refractivity contribution is 7.98. The zero-order chi connectivity index (χ0) is 21.7. The van der Waals surface area contributed by atoms with Crippen LogP contribution in [0.2, 0.25) is 10.0 Å². The van der Waals surface area contributed by atoms with Gasteiger partial charge >= 0.3 is 0 Å². The van der Waals surface area contributed by atoms with Gasteiger partial charge in [0.1, 0.15) is 0 Å². The number of amides is 1. The summed E-state index contributed by atoms with van der Waals surface area (Å²) in [6, 6.07) is 15.4. The molecule has 0 spiro atoms. The molecule has 1 amide bonds. The smallest absolute Gasteiger partial charge is 0.220 e. The Morgan fingerprint density at radius 3 is 2.50 bits per heavy atom. The number of aromatic nitrogens is 3. The molecule has 30 heavy (non-hydrogen) atoms. The lowest BCUT2D eigenvalue weighted by molar-refractivity contribution is -0.123. The van der Waals surface area contributed by atoms with E-state index >= 15 is 0 Å². The average molecular weight is 463 g/mol. The first-order valence-electron chi connectivity index (χ1n) is 9.56. The predicted octanol–water partition coefficient (Wildman–Crippen LogP) is 5.92. The van der Waals surface area contributed by atoms with E-state index in [2.05, 4.69) is 27.6 Å². The van der Waals surface area contributed by atoms with Gasteiger partial charge < -0.3 is 5.32 Å².